The van der Waals surface area contributed by atoms with Gasteiger partial charge in [-0.3, -0.25) is 0 Å². The second-order valence-corrected chi connectivity index (χ2v) is 4.16. The Labute approximate surface area is 102 Å². The van der Waals surface area contributed by atoms with Crippen LogP contribution in [0.3, 0.4) is 0 Å². The highest BCUT2D eigenvalue weighted by Gasteiger charge is 2.24. The third-order valence-corrected chi connectivity index (χ3v) is 3.09. The van der Waals surface area contributed by atoms with Crippen LogP contribution >= 0.6 is 0 Å². The van der Waals surface area contributed by atoms with E-state index in [1.54, 1.807) is 7.11 Å². The van der Waals surface area contributed by atoms with Crippen LogP contribution in [-0.2, 0) is 4.74 Å². The van der Waals surface area contributed by atoms with Crippen LogP contribution < -0.4 is 15.4 Å². The summed E-state index contributed by atoms with van der Waals surface area (Å²) in [6.07, 6.45) is 0.167. The number of hydrogen-bond acceptors (Lipinski definition) is 4. The average Bonchev–Trinajstić information content (AvgIpc) is 2.41. The normalized spacial score (nSPS) is 22.1. The summed E-state index contributed by atoms with van der Waals surface area (Å²) in [6.45, 7) is 2.58. The minimum absolute atomic E-state index is 0.167. The molecule has 1 aliphatic rings. The van der Waals surface area contributed by atoms with Gasteiger partial charge in [0.1, 0.15) is 5.75 Å². The van der Waals surface area contributed by atoms with Gasteiger partial charge >= 0.3 is 0 Å². The van der Waals surface area contributed by atoms with Crippen LogP contribution in [0.4, 0.5) is 0 Å². The van der Waals surface area contributed by atoms with Crippen LogP contribution in [0.5, 0.6) is 5.75 Å². The van der Waals surface area contributed by atoms with Crippen LogP contribution in [0.2, 0.25) is 0 Å². The van der Waals surface area contributed by atoms with Crippen molar-refractivity contribution in [2.45, 2.75) is 12.1 Å². The molecule has 0 radical (unpaired) electrons. The third kappa shape index (κ3) is 2.97. The molecule has 4 heteroatoms. The van der Waals surface area contributed by atoms with Gasteiger partial charge in [0.2, 0.25) is 0 Å². The fourth-order valence-electron chi connectivity index (χ4n) is 2.20. The molecule has 1 heterocycles. The molecule has 0 bridgehead atoms. The van der Waals surface area contributed by atoms with Crippen LogP contribution in [0.25, 0.3) is 0 Å². The van der Waals surface area contributed by atoms with Crippen molar-refractivity contribution in [1.82, 2.24) is 10.6 Å². The smallest absolute Gasteiger partial charge is 0.119 e. The Morgan fingerprint density at radius 3 is 3.06 bits per heavy atom. The first-order valence-electron chi connectivity index (χ1n) is 5.98. The van der Waals surface area contributed by atoms with Crippen LogP contribution in [0.15, 0.2) is 24.3 Å². The molecule has 2 unspecified atom stereocenters. The summed E-state index contributed by atoms with van der Waals surface area (Å²) in [6, 6.07) is 8.31. The zero-order chi connectivity index (χ0) is 12.1. The van der Waals surface area contributed by atoms with E-state index in [1.807, 2.05) is 19.2 Å². The molecule has 2 atom stereocenters. The van der Waals surface area contributed by atoms with Crippen molar-refractivity contribution in [3.8, 4) is 5.75 Å². The van der Waals surface area contributed by atoms with Crippen molar-refractivity contribution >= 4 is 0 Å². The van der Waals surface area contributed by atoms with Crippen LogP contribution in [0.1, 0.15) is 11.6 Å². The number of ether oxygens (including phenoxy) is 2. The van der Waals surface area contributed by atoms with Gasteiger partial charge in [0.15, 0.2) is 0 Å². The molecule has 1 aromatic rings. The minimum atomic E-state index is 0.167. The maximum atomic E-state index is 5.79. The molecular formula is C13H20N2O2. The van der Waals surface area contributed by atoms with E-state index in [0.717, 1.165) is 25.4 Å². The zero-order valence-corrected chi connectivity index (χ0v) is 10.4. The lowest BCUT2D eigenvalue weighted by atomic mass is 10.0. The Bertz CT molecular complexity index is 351. The summed E-state index contributed by atoms with van der Waals surface area (Å²) in [5, 5.41) is 6.67. The first-order chi connectivity index (χ1) is 8.35. The van der Waals surface area contributed by atoms with E-state index in [2.05, 4.69) is 22.8 Å². The van der Waals surface area contributed by atoms with E-state index in [4.69, 9.17) is 9.47 Å². The molecule has 1 aromatic carbocycles. The first-order valence-corrected chi connectivity index (χ1v) is 5.98. The Kier molecular flexibility index (Phi) is 4.36. The summed E-state index contributed by atoms with van der Waals surface area (Å²) in [5.74, 6) is 0.881. The van der Waals surface area contributed by atoms with Gasteiger partial charge in [0.25, 0.3) is 0 Å². The number of morpholine rings is 1. The second-order valence-electron chi connectivity index (χ2n) is 4.16. The number of likely N-dealkylation sites (N-methyl/N-ethyl adjacent to an activating group) is 1. The van der Waals surface area contributed by atoms with Crippen molar-refractivity contribution in [3.05, 3.63) is 29.8 Å². The van der Waals surface area contributed by atoms with Gasteiger partial charge in [-0.05, 0) is 24.7 Å². The number of rotatable bonds is 4. The molecule has 0 saturated carbocycles. The largest absolute Gasteiger partial charge is 0.497 e. The predicted octanol–water partition coefficient (Wildman–Crippen LogP) is 0.944. The Hall–Kier alpha value is -1.10. The molecule has 1 saturated heterocycles. The molecule has 2 rings (SSSR count). The Morgan fingerprint density at radius 2 is 2.41 bits per heavy atom. The van der Waals surface area contributed by atoms with Gasteiger partial charge < -0.3 is 20.1 Å². The Balaban J connectivity index is 2.15. The van der Waals surface area contributed by atoms with Crippen molar-refractivity contribution in [1.29, 1.82) is 0 Å². The monoisotopic (exact) mass is 236 g/mol. The van der Waals surface area contributed by atoms with Gasteiger partial charge in [-0.1, -0.05) is 12.1 Å². The minimum Gasteiger partial charge on any atom is -0.497 e. The SMILES string of the molecule is CNC(c1cccc(OC)c1)C1CNCCO1. The lowest BCUT2D eigenvalue weighted by Gasteiger charge is -2.31. The topological polar surface area (TPSA) is 42.5 Å². The summed E-state index contributed by atoms with van der Waals surface area (Å²) in [5.41, 5.74) is 1.19. The molecular weight excluding hydrogens is 216 g/mol. The molecule has 17 heavy (non-hydrogen) atoms. The van der Waals surface area contributed by atoms with E-state index in [0.29, 0.717) is 0 Å². The van der Waals surface area contributed by atoms with Crippen molar-refractivity contribution in [2.75, 3.05) is 33.9 Å². The first kappa shape index (κ1) is 12.4. The number of hydrogen-bond donors (Lipinski definition) is 2. The second kappa shape index (κ2) is 6.00. The summed E-state index contributed by atoms with van der Waals surface area (Å²) in [7, 11) is 3.65. The molecule has 4 nitrogen and oxygen atoms in total. The average molecular weight is 236 g/mol. The Morgan fingerprint density at radius 1 is 1.53 bits per heavy atom. The summed E-state index contributed by atoms with van der Waals surface area (Å²) in [4.78, 5) is 0. The molecule has 0 spiro atoms. The third-order valence-electron chi connectivity index (χ3n) is 3.09. The van der Waals surface area contributed by atoms with E-state index in [1.165, 1.54) is 5.56 Å². The summed E-state index contributed by atoms with van der Waals surface area (Å²) < 4.78 is 11.0. The maximum Gasteiger partial charge on any atom is 0.119 e. The van der Waals surface area contributed by atoms with Crippen molar-refractivity contribution in [3.63, 3.8) is 0 Å². The maximum absolute atomic E-state index is 5.79. The van der Waals surface area contributed by atoms with Gasteiger partial charge in [-0.2, -0.15) is 0 Å². The highest BCUT2D eigenvalue weighted by Crippen LogP contribution is 2.23. The van der Waals surface area contributed by atoms with Crippen molar-refractivity contribution in [2.24, 2.45) is 0 Å². The van der Waals surface area contributed by atoms with Gasteiger partial charge in [-0.15, -0.1) is 0 Å². The number of nitrogens with one attached hydrogen (secondary N) is 2. The molecule has 94 valence electrons. The van der Waals surface area contributed by atoms with Gasteiger partial charge in [0, 0.05) is 13.1 Å². The number of benzene rings is 1. The predicted molar refractivity (Wildman–Crippen MR) is 67.4 cm³/mol. The molecule has 0 aromatic heterocycles. The lowest BCUT2D eigenvalue weighted by Crippen LogP contribution is -2.45. The molecule has 2 N–H and O–H groups in total. The highest BCUT2D eigenvalue weighted by atomic mass is 16.5. The standard InChI is InChI=1S/C13H20N2O2/c1-14-13(12-9-15-6-7-17-12)10-4-3-5-11(8-10)16-2/h3-5,8,12-15H,6-7,9H2,1-2H3. The molecule has 1 aliphatic heterocycles. The summed E-state index contributed by atoms with van der Waals surface area (Å²) >= 11 is 0. The molecule has 1 fully saturated rings. The van der Waals surface area contributed by atoms with E-state index >= 15 is 0 Å². The quantitative estimate of drug-likeness (QED) is 0.816. The van der Waals surface area contributed by atoms with Gasteiger partial charge in [0.05, 0.1) is 25.9 Å². The fourth-order valence-corrected chi connectivity index (χ4v) is 2.20. The van der Waals surface area contributed by atoms with Gasteiger partial charge in [-0.25, -0.2) is 0 Å². The zero-order valence-electron chi connectivity index (χ0n) is 10.4. The van der Waals surface area contributed by atoms with E-state index in [-0.39, 0.29) is 12.1 Å². The van der Waals surface area contributed by atoms with Crippen LogP contribution in [0, 0.1) is 0 Å². The lowest BCUT2D eigenvalue weighted by molar-refractivity contribution is 0.00534. The van der Waals surface area contributed by atoms with E-state index < -0.39 is 0 Å². The highest BCUT2D eigenvalue weighted by molar-refractivity contribution is 5.31. The number of methoxy groups -OCH3 is 1. The molecule has 0 amide bonds. The van der Waals surface area contributed by atoms with Crippen molar-refractivity contribution < 1.29 is 9.47 Å². The fraction of sp³-hybridized carbons (Fsp3) is 0.538. The van der Waals surface area contributed by atoms with E-state index in [9.17, 15) is 0 Å². The molecule has 0 aliphatic carbocycles. The van der Waals surface area contributed by atoms with Crippen LogP contribution in [-0.4, -0.2) is 40.0 Å².